The van der Waals surface area contributed by atoms with E-state index in [1.54, 1.807) is 6.20 Å². The fraction of sp³-hybridized carbons (Fsp3) is 0.667. The zero-order chi connectivity index (χ0) is 11.4. The Labute approximate surface area is 110 Å². The highest BCUT2D eigenvalue weighted by molar-refractivity contribution is 9.10. The van der Waals surface area contributed by atoms with E-state index in [0.717, 1.165) is 10.3 Å². The number of aromatic nitrogens is 2. The van der Waals surface area contributed by atoms with Gasteiger partial charge in [-0.05, 0) is 28.8 Å². The van der Waals surface area contributed by atoms with E-state index in [4.69, 9.17) is 11.6 Å². The summed E-state index contributed by atoms with van der Waals surface area (Å²) in [4.78, 5) is 8.77. The maximum absolute atomic E-state index is 6.01. The predicted molar refractivity (Wildman–Crippen MR) is 69.8 cm³/mol. The molecule has 0 spiro atoms. The minimum atomic E-state index is 0.505. The van der Waals surface area contributed by atoms with E-state index in [-0.39, 0.29) is 0 Å². The molecule has 0 N–H and O–H groups in total. The van der Waals surface area contributed by atoms with E-state index in [1.165, 1.54) is 44.9 Å². The zero-order valence-corrected chi connectivity index (χ0v) is 11.6. The summed E-state index contributed by atoms with van der Waals surface area (Å²) in [5.41, 5.74) is 0. The molecule has 1 aromatic heterocycles. The van der Waals surface area contributed by atoms with Gasteiger partial charge in [0.15, 0.2) is 0 Å². The zero-order valence-electron chi connectivity index (χ0n) is 9.25. The minimum absolute atomic E-state index is 0.505. The molecule has 4 heteroatoms. The topological polar surface area (TPSA) is 25.8 Å². The van der Waals surface area contributed by atoms with Crippen LogP contribution in [-0.4, -0.2) is 9.97 Å². The van der Waals surface area contributed by atoms with Crippen LogP contribution in [0.2, 0.25) is 5.15 Å². The number of nitrogens with zero attached hydrogens (tertiary/aromatic N) is 2. The molecule has 88 valence electrons. The Morgan fingerprint density at radius 3 is 2.38 bits per heavy atom. The molecular formula is C12H16BrClN2. The highest BCUT2D eigenvalue weighted by Gasteiger charge is 2.17. The van der Waals surface area contributed by atoms with Gasteiger partial charge in [0.05, 0.1) is 4.47 Å². The summed E-state index contributed by atoms with van der Waals surface area (Å²) >= 11 is 9.33. The van der Waals surface area contributed by atoms with E-state index < -0.39 is 0 Å². The lowest BCUT2D eigenvalue weighted by atomic mass is 9.90. The van der Waals surface area contributed by atoms with Crippen LogP contribution in [0.1, 0.15) is 56.7 Å². The maximum Gasteiger partial charge on any atom is 0.146 e. The first-order chi connectivity index (χ1) is 7.77. The first-order valence-corrected chi connectivity index (χ1v) is 7.12. The van der Waals surface area contributed by atoms with E-state index in [0.29, 0.717) is 11.1 Å². The lowest BCUT2D eigenvalue weighted by molar-refractivity contribution is 0.442. The average molecular weight is 304 g/mol. The van der Waals surface area contributed by atoms with Gasteiger partial charge in [-0.3, -0.25) is 0 Å². The number of halogens is 2. The molecule has 0 amide bonds. The lowest BCUT2D eigenvalue weighted by Crippen LogP contribution is -2.07. The molecule has 16 heavy (non-hydrogen) atoms. The number of rotatable bonds is 1. The van der Waals surface area contributed by atoms with Gasteiger partial charge in [-0.15, -0.1) is 0 Å². The molecule has 2 nitrogen and oxygen atoms in total. The smallest absolute Gasteiger partial charge is 0.146 e. The van der Waals surface area contributed by atoms with Crippen molar-refractivity contribution in [1.29, 1.82) is 0 Å². The molecule has 1 fully saturated rings. The molecule has 0 aromatic carbocycles. The molecule has 1 aliphatic rings. The highest BCUT2D eigenvalue weighted by atomic mass is 79.9. The Hall–Kier alpha value is -0.150. The van der Waals surface area contributed by atoms with Gasteiger partial charge in [-0.1, -0.05) is 43.7 Å². The molecule has 1 saturated carbocycles. The number of hydrogen-bond donors (Lipinski definition) is 0. The van der Waals surface area contributed by atoms with Crippen LogP contribution in [0.3, 0.4) is 0 Å². The Bertz CT molecular complexity index is 349. The Balaban J connectivity index is 2.11. The monoisotopic (exact) mass is 302 g/mol. The van der Waals surface area contributed by atoms with E-state index in [9.17, 15) is 0 Å². The fourth-order valence-corrected chi connectivity index (χ4v) is 2.60. The van der Waals surface area contributed by atoms with Gasteiger partial charge in [0, 0.05) is 12.1 Å². The summed E-state index contributed by atoms with van der Waals surface area (Å²) in [6, 6.07) is 0. The van der Waals surface area contributed by atoms with Gasteiger partial charge in [0.1, 0.15) is 11.0 Å². The van der Waals surface area contributed by atoms with Crippen LogP contribution in [0.5, 0.6) is 0 Å². The molecule has 0 bridgehead atoms. The maximum atomic E-state index is 6.01. The van der Waals surface area contributed by atoms with Crippen LogP contribution in [0, 0.1) is 0 Å². The molecule has 0 saturated heterocycles. The summed E-state index contributed by atoms with van der Waals surface area (Å²) in [6.45, 7) is 0. The van der Waals surface area contributed by atoms with Crippen LogP contribution in [0.4, 0.5) is 0 Å². The van der Waals surface area contributed by atoms with Crippen molar-refractivity contribution in [3.05, 3.63) is 21.6 Å². The Morgan fingerprint density at radius 2 is 1.75 bits per heavy atom. The third kappa shape index (κ3) is 3.17. The van der Waals surface area contributed by atoms with Gasteiger partial charge in [0.2, 0.25) is 0 Å². The number of hydrogen-bond acceptors (Lipinski definition) is 2. The first-order valence-electron chi connectivity index (χ1n) is 5.95. The quantitative estimate of drug-likeness (QED) is 0.702. The summed E-state index contributed by atoms with van der Waals surface area (Å²) < 4.78 is 0.781. The summed E-state index contributed by atoms with van der Waals surface area (Å²) in [6.07, 6.45) is 10.8. The summed E-state index contributed by atoms with van der Waals surface area (Å²) in [7, 11) is 0. The van der Waals surface area contributed by atoms with Crippen LogP contribution >= 0.6 is 27.5 Å². The summed E-state index contributed by atoms with van der Waals surface area (Å²) in [5, 5.41) is 0.534. The first kappa shape index (κ1) is 12.3. The molecule has 1 aromatic rings. The molecule has 0 radical (unpaired) electrons. The molecule has 1 heterocycles. The third-order valence-corrected chi connectivity index (χ3v) is 4.29. The van der Waals surface area contributed by atoms with Crippen molar-refractivity contribution in [3.63, 3.8) is 0 Å². The summed E-state index contributed by atoms with van der Waals surface area (Å²) in [5.74, 6) is 1.43. The van der Waals surface area contributed by atoms with Crippen molar-refractivity contribution in [2.24, 2.45) is 0 Å². The largest absolute Gasteiger partial charge is 0.240 e. The van der Waals surface area contributed by atoms with Gasteiger partial charge >= 0.3 is 0 Å². The Morgan fingerprint density at radius 1 is 1.12 bits per heavy atom. The van der Waals surface area contributed by atoms with E-state index >= 15 is 0 Å². The molecule has 0 aliphatic heterocycles. The molecule has 2 rings (SSSR count). The molecule has 0 unspecified atom stereocenters. The second kappa shape index (κ2) is 5.97. The van der Waals surface area contributed by atoms with Crippen LogP contribution in [-0.2, 0) is 0 Å². The van der Waals surface area contributed by atoms with E-state index in [2.05, 4.69) is 25.9 Å². The Kier molecular flexibility index (Phi) is 4.59. The molecule has 0 atom stereocenters. The van der Waals surface area contributed by atoms with Gasteiger partial charge in [-0.25, -0.2) is 9.97 Å². The van der Waals surface area contributed by atoms with Gasteiger partial charge in [0.25, 0.3) is 0 Å². The molecule has 1 aliphatic carbocycles. The highest BCUT2D eigenvalue weighted by Crippen LogP contribution is 2.30. The average Bonchev–Trinajstić information content (AvgIpc) is 2.22. The normalized spacial score (nSPS) is 19.1. The van der Waals surface area contributed by atoms with Gasteiger partial charge < -0.3 is 0 Å². The van der Waals surface area contributed by atoms with Crippen molar-refractivity contribution in [2.45, 2.75) is 50.9 Å². The second-order valence-corrected chi connectivity index (χ2v) is 5.62. The lowest BCUT2D eigenvalue weighted by Gasteiger charge is -2.18. The SMILES string of the molecule is Clc1nc(C2CCCCCCC2)ncc1Br. The predicted octanol–water partition coefficient (Wildman–Crippen LogP) is 4.72. The van der Waals surface area contributed by atoms with Crippen molar-refractivity contribution in [2.75, 3.05) is 0 Å². The standard InChI is InChI=1S/C12H16BrClN2/c13-10-8-15-12(16-11(10)14)9-6-4-2-1-3-5-7-9/h8-9H,1-7H2. The van der Waals surface area contributed by atoms with E-state index in [1.807, 2.05) is 0 Å². The van der Waals surface area contributed by atoms with Crippen molar-refractivity contribution in [3.8, 4) is 0 Å². The van der Waals surface area contributed by atoms with Crippen molar-refractivity contribution < 1.29 is 0 Å². The minimum Gasteiger partial charge on any atom is -0.240 e. The third-order valence-electron chi connectivity index (χ3n) is 3.19. The van der Waals surface area contributed by atoms with Crippen molar-refractivity contribution in [1.82, 2.24) is 9.97 Å². The van der Waals surface area contributed by atoms with Crippen LogP contribution in [0.25, 0.3) is 0 Å². The molecular weight excluding hydrogens is 288 g/mol. The fourth-order valence-electron chi connectivity index (χ4n) is 2.27. The second-order valence-electron chi connectivity index (χ2n) is 4.41. The van der Waals surface area contributed by atoms with Crippen LogP contribution < -0.4 is 0 Å². The van der Waals surface area contributed by atoms with Crippen LogP contribution in [0.15, 0.2) is 10.7 Å². The van der Waals surface area contributed by atoms with Crippen molar-refractivity contribution >= 4 is 27.5 Å². The van der Waals surface area contributed by atoms with Gasteiger partial charge in [-0.2, -0.15) is 0 Å².